The molecule has 1 saturated heterocycles. The van der Waals surface area contributed by atoms with E-state index >= 15 is 0 Å². The van der Waals surface area contributed by atoms with Gasteiger partial charge in [-0.2, -0.15) is 0 Å². The number of fused-ring (bicyclic) bond motifs is 3. The monoisotopic (exact) mass is 365 g/mol. The maximum atomic E-state index is 6.34. The molecule has 0 saturated carbocycles. The van der Waals surface area contributed by atoms with Crippen molar-refractivity contribution in [1.29, 1.82) is 0 Å². The minimum absolute atomic E-state index is 0.309. The number of hydrogen-bond acceptors (Lipinski definition) is 7. The summed E-state index contributed by atoms with van der Waals surface area (Å²) in [7, 11) is 3.94. The molecule has 0 atom stereocenters. The fourth-order valence-corrected chi connectivity index (χ4v) is 4.07. The molecular weight excluding hydrogens is 342 g/mol. The van der Waals surface area contributed by atoms with E-state index in [2.05, 4.69) is 20.0 Å². The number of anilines is 2. The van der Waals surface area contributed by atoms with E-state index in [9.17, 15) is 0 Å². The Kier molecular flexibility index (Phi) is 3.75. The van der Waals surface area contributed by atoms with Crippen LogP contribution in [0, 0.1) is 0 Å². The standard InChI is InChI=1S/C19H23N7O/c1-24(2)18-21-13-14-5-12-27-19(17(14)22-18)6-9-25(10-7-19)16-4-3-15-20-8-11-26(15)23-16/h3-4,8,11,13H,5-7,9-10,12H2,1-2H3. The van der Waals surface area contributed by atoms with Crippen LogP contribution < -0.4 is 9.80 Å². The lowest BCUT2D eigenvalue weighted by Gasteiger charge is -2.44. The maximum Gasteiger partial charge on any atom is 0.225 e. The van der Waals surface area contributed by atoms with Crippen LogP contribution in [0.15, 0.2) is 30.7 Å². The molecule has 0 N–H and O–H groups in total. The zero-order valence-corrected chi connectivity index (χ0v) is 15.7. The minimum atomic E-state index is -0.309. The zero-order valence-electron chi connectivity index (χ0n) is 15.7. The van der Waals surface area contributed by atoms with Crippen LogP contribution in [0.3, 0.4) is 0 Å². The second-order valence-electron chi connectivity index (χ2n) is 7.44. The molecule has 0 aliphatic carbocycles. The first-order valence-corrected chi connectivity index (χ1v) is 9.38. The van der Waals surface area contributed by atoms with Gasteiger partial charge in [-0.1, -0.05) is 0 Å². The van der Waals surface area contributed by atoms with Crippen molar-refractivity contribution >= 4 is 17.4 Å². The highest BCUT2D eigenvalue weighted by molar-refractivity contribution is 5.46. The molecule has 2 aliphatic heterocycles. The molecule has 8 heteroatoms. The summed E-state index contributed by atoms with van der Waals surface area (Å²) < 4.78 is 8.16. The third kappa shape index (κ3) is 2.71. The lowest BCUT2D eigenvalue weighted by Crippen LogP contribution is -2.47. The molecule has 0 bridgehead atoms. The van der Waals surface area contributed by atoms with E-state index in [-0.39, 0.29) is 5.60 Å². The summed E-state index contributed by atoms with van der Waals surface area (Å²) in [5.74, 6) is 1.72. The molecule has 1 fully saturated rings. The highest BCUT2D eigenvalue weighted by Gasteiger charge is 2.43. The van der Waals surface area contributed by atoms with E-state index in [1.807, 2.05) is 48.0 Å². The average molecular weight is 365 g/mol. The smallest absolute Gasteiger partial charge is 0.225 e. The normalized spacial score (nSPS) is 18.7. The molecule has 3 aromatic heterocycles. The van der Waals surface area contributed by atoms with Crippen LogP contribution in [-0.4, -0.2) is 58.4 Å². The highest BCUT2D eigenvalue weighted by atomic mass is 16.5. The van der Waals surface area contributed by atoms with Crippen LogP contribution in [0.4, 0.5) is 11.8 Å². The second-order valence-corrected chi connectivity index (χ2v) is 7.44. The molecule has 3 aromatic rings. The number of hydrogen-bond donors (Lipinski definition) is 0. The van der Waals surface area contributed by atoms with Gasteiger partial charge in [-0.3, -0.25) is 0 Å². The van der Waals surface area contributed by atoms with E-state index in [0.717, 1.165) is 62.1 Å². The van der Waals surface area contributed by atoms with E-state index in [0.29, 0.717) is 0 Å². The number of ether oxygens (including phenoxy) is 1. The van der Waals surface area contributed by atoms with Crippen molar-refractivity contribution in [2.75, 3.05) is 43.6 Å². The Hall–Kier alpha value is -2.74. The number of nitrogens with zero attached hydrogens (tertiary/aromatic N) is 7. The molecule has 0 radical (unpaired) electrons. The number of aromatic nitrogens is 5. The third-order valence-corrected chi connectivity index (χ3v) is 5.57. The topological polar surface area (TPSA) is 71.7 Å². The Balaban J connectivity index is 1.42. The molecule has 0 aromatic carbocycles. The first kappa shape index (κ1) is 16.4. The van der Waals surface area contributed by atoms with E-state index < -0.39 is 0 Å². The minimum Gasteiger partial charge on any atom is -0.368 e. The fraction of sp³-hybridized carbons (Fsp3) is 0.474. The third-order valence-electron chi connectivity index (χ3n) is 5.57. The van der Waals surface area contributed by atoms with Gasteiger partial charge in [-0.25, -0.2) is 19.5 Å². The fourth-order valence-electron chi connectivity index (χ4n) is 4.07. The molecule has 0 amide bonds. The molecule has 2 aliphatic rings. The summed E-state index contributed by atoms with van der Waals surface area (Å²) in [4.78, 5) is 17.9. The number of imidazole rings is 1. The van der Waals surface area contributed by atoms with Gasteiger partial charge in [-0.15, -0.1) is 5.10 Å². The van der Waals surface area contributed by atoms with Crippen LogP contribution in [-0.2, 0) is 16.8 Å². The van der Waals surface area contributed by atoms with Gasteiger partial charge in [0.15, 0.2) is 5.65 Å². The predicted octanol–water partition coefficient (Wildman–Crippen LogP) is 1.65. The highest BCUT2D eigenvalue weighted by Crippen LogP contribution is 2.41. The first-order chi connectivity index (χ1) is 13.1. The molecule has 140 valence electrons. The molecule has 5 rings (SSSR count). The summed E-state index contributed by atoms with van der Waals surface area (Å²) >= 11 is 0. The van der Waals surface area contributed by atoms with Gasteiger partial charge in [-0.05, 0) is 37.0 Å². The summed E-state index contributed by atoms with van der Waals surface area (Å²) in [5, 5.41) is 4.68. The lowest BCUT2D eigenvalue weighted by molar-refractivity contribution is -0.0801. The quantitative estimate of drug-likeness (QED) is 0.684. The Morgan fingerprint density at radius 3 is 2.81 bits per heavy atom. The first-order valence-electron chi connectivity index (χ1n) is 9.38. The largest absolute Gasteiger partial charge is 0.368 e. The van der Waals surface area contributed by atoms with Crippen molar-refractivity contribution in [3.63, 3.8) is 0 Å². The van der Waals surface area contributed by atoms with Crippen molar-refractivity contribution in [3.05, 3.63) is 42.0 Å². The van der Waals surface area contributed by atoms with E-state index in [1.165, 1.54) is 5.56 Å². The molecule has 8 nitrogen and oxygen atoms in total. The van der Waals surface area contributed by atoms with Crippen LogP contribution >= 0.6 is 0 Å². The maximum absolute atomic E-state index is 6.34. The molecular formula is C19H23N7O. The Labute approximate surface area is 157 Å². The summed E-state index contributed by atoms with van der Waals surface area (Å²) in [6.07, 6.45) is 8.30. The Bertz CT molecular complexity index is 975. The number of rotatable bonds is 2. The van der Waals surface area contributed by atoms with Crippen molar-refractivity contribution in [2.24, 2.45) is 0 Å². The Morgan fingerprint density at radius 1 is 1.15 bits per heavy atom. The SMILES string of the molecule is CN(C)c1ncc2c(n1)C1(CCN(c3ccc4nccn4n3)CC1)OCC2. The van der Waals surface area contributed by atoms with Gasteiger partial charge in [0.05, 0.1) is 12.3 Å². The van der Waals surface area contributed by atoms with Crippen molar-refractivity contribution < 1.29 is 4.74 Å². The summed E-state index contributed by atoms with van der Waals surface area (Å²) in [6.45, 7) is 2.50. The average Bonchev–Trinajstić information content (AvgIpc) is 3.16. The lowest BCUT2D eigenvalue weighted by atomic mass is 9.83. The van der Waals surface area contributed by atoms with Crippen LogP contribution in [0.2, 0.25) is 0 Å². The van der Waals surface area contributed by atoms with Crippen molar-refractivity contribution in [2.45, 2.75) is 24.9 Å². The van der Waals surface area contributed by atoms with Crippen LogP contribution in [0.5, 0.6) is 0 Å². The van der Waals surface area contributed by atoms with Gasteiger partial charge in [0.25, 0.3) is 0 Å². The predicted molar refractivity (Wildman–Crippen MR) is 102 cm³/mol. The van der Waals surface area contributed by atoms with Crippen molar-refractivity contribution in [1.82, 2.24) is 24.6 Å². The molecule has 27 heavy (non-hydrogen) atoms. The summed E-state index contributed by atoms with van der Waals surface area (Å²) in [5.41, 5.74) is 2.85. The van der Waals surface area contributed by atoms with Crippen LogP contribution in [0.25, 0.3) is 5.65 Å². The van der Waals surface area contributed by atoms with E-state index in [1.54, 1.807) is 6.20 Å². The van der Waals surface area contributed by atoms with Gasteiger partial charge in [0.2, 0.25) is 5.95 Å². The zero-order chi connectivity index (χ0) is 18.4. The van der Waals surface area contributed by atoms with Gasteiger partial charge in [0, 0.05) is 45.8 Å². The van der Waals surface area contributed by atoms with Gasteiger partial charge >= 0.3 is 0 Å². The van der Waals surface area contributed by atoms with Gasteiger partial charge in [0.1, 0.15) is 11.4 Å². The molecule has 1 spiro atoms. The van der Waals surface area contributed by atoms with Crippen molar-refractivity contribution in [3.8, 4) is 0 Å². The molecule has 0 unspecified atom stereocenters. The van der Waals surface area contributed by atoms with Gasteiger partial charge < -0.3 is 14.5 Å². The second kappa shape index (κ2) is 6.16. The molecule has 5 heterocycles. The number of piperidine rings is 1. The summed E-state index contributed by atoms with van der Waals surface area (Å²) in [6, 6.07) is 4.05. The Morgan fingerprint density at radius 2 is 2.00 bits per heavy atom. The van der Waals surface area contributed by atoms with Crippen LogP contribution in [0.1, 0.15) is 24.1 Å². The van der Waals surface area contributed by atoms with E-state index in [4.69, 9.17) is 9.72 Å².